The Kier molecular flexibility index (Phi) is 9.73. The molecule has 3 N–H and O–H groups in total. The molecule has 0 aromatic carbocycles. The van der Waals surface area contributed by atoms with E-state index in [0.717, 1.165) is 44.9 Å². The highest BCUT2D eigenvalue weighted by Crippen LogP contribution is 2.42. The number of amides is 1. The second-order valence-corrected chi connectivity index (χ2v) is 11.9. The smallest absolute Gasteiger partial charge is 0.265 e. The Morgan fingerprint density at radius 3 is 2.28 bits per heavy atom. The van der Waals surface area contributed by atoms with Crippen molar-refractivity contribution in [1.82, 2.24) is 5.48 Å². The van der Waals surface area contributed by atoms with E-state index in [1.54, 1.807) is 12.4 Å². The van der Waals surface area contributed by atoms with Gasteiger partial charge in [0.05, 0.1) is 10.5 Å². The van der Waals surface area contributed by atoms with Crippen molar-refractivity contribution >= 4 is 15.7 Å². The quantitative estimate of drug-likeness (QED) is 0.345. The number of hydroxylamine groups is 1. The van der Waals surface area contributed by atoms with Crippen LogP contribution >= 0.6 is 0 Å². The van der Waals surface area contributed by atoms with E-state index in [4.69, 9.17) is 0 Å². The van der Waals surface area contributed by atoms with Gasteiger partial charge in [0.1, 0.15) is 0 Å². The van der Waals surface area contributed by atoms with Crippen molar-refractivity contribution in [2.75, 3.05) is 0 Å². The monoisotopic (exact) mass is 467 g/mol. The number of hydrogen-bond acceptors (Lipinski definition) is 5. The minimum absolute atomic E-state index is 0.0120. The first kappa shape index (κ1) is 26.8. The van der Waals surface area contributed by atoms with E-state index in [2.05, 4.69) is 13.8 Å². The molecule has 2 aliphatic rings. The summed E-state index contributed by atoms with van der Waals surface area (Å²) < 4.78 is 26.0. The molecule has 2 aliphatic carbocycles. The predicted molar refractivity (Wildman–Crippen MR) is 128 cm³/mol. The number of carbonyl (C=O) groups is 1. The van der Waals surface area contributed by atoms with Crippen molar-refractivity contribution < 1.29 is 23.5 Å². The number of aliphatic hydroxyl groups is 1. The summed E-state index contributed by atoms with van der Waals surface area (Å²) in [6.07, 6.45) is 16.2. The maximum absolute atomic E-state index is 13.9. The molecule has 32 heavy (non-hydrogen) atoms. The third-order valence-corrected chi connectivity index (χ3v) is 9.70. The molecule has 7 heteroatoms. The standard InChI is InChI=1S/C25H41NO5S/c1-4-6-11-21-13-8-18-25(23(27)26-29,17-7-12-20(21)10-5-2)32(30,31)22-14-9-16-24(3,28)19-15-22/h9,14-16,19-21,28-29H,4-8,10-13,17-18H2,1-3H3,(H,26,27). The molecule has 0 bridgehead atoms. The normalized spacial score (nSPS) is 31.7. The van der Waals surface area contributed by atoms with Gasteiger partial charge in [0.2, 0.25) is 0 Å². The number of nitrogens with one attached hydrogen (secondary N) is 1. The van der Waals surface area contributed by atoms with Crippen molar-refractivity contribution in [2.45, 2.75) is 102 Å². The Bertz CT molecular complexity index is 827. The maximum atomic E-state index is 13.9. The summed E-state index contributed by atoms with van der Waals surface area (Å²) in [6.45, 7) is 5.93. The van der Waals surface area contributed by atoms with Crippen LogP contribution in [0.15, 0.2) is 35.3 Å². The van der Waals surface area contributed by atoms with Gasteiger partial charge in [0.25, 0.3) is 5.91 Å². The highest BCUT2D eigenvalue weighted by atomic mass is 32.2. The first-order valence-corrected chi connectivity index (χ1v) is 13.6. The molecule has 0 heterocycles. The molecule has 6 nitrogen and oxygen atoms in total. The Morgan fingerprint density at radius 1 is 1.09 bits per heavy atom. The van der Waals surface area contributed by atoms with E-state index in [1.165, 1.54) is 30.4 Å². The van der Waals surface area contributed by atoms with Crippen molar-refractivity contribution in [3.63, 3.8) is 0 Å². The zero-order valence-electron chi connectivity index (χ0n) is 19.8. The van der Waals surface area contributed by atoms with Crippen molar-refractivity contribution in [1.29, 1.82) is 0 Å². The molecule has 0 radical (unpaired) electrons. The third-order valence-electron chi connectivity index (χ3n) is 7.18. The van der Waals surface area contributed by atoms with Gasteiger partial charge in [-0.05, 0) is 55.9 Å². The minimum atomic E-state index is -4.11. The molecule has 2 rings (SSSR count). The van der Waals surface area contributed by atoms with Crippen LogP contribution in [0.25, 0.3) is 0 Å². The van der Waals surface area contributed by atoms with E-state index in [-0.39, 0.29) is 17.7 Å². The lowest BCUT2D eigenvalue weighted by Crippen LogP contribution is -2.52. The van der Waals surface area contributed by atoms with Gasteiger partial charge in [-0.1, -0.05) is 77.7 Å². The number of allylic oxidation sites excluding steroid dienone is 3. The second kappa shape index (κ2) is 11.6. The molecule has 0 aromatic rings. The van der Waals surface area contributed by atoms with Crippen LogP contribution in [0.4, 0.5) is 0 Å². The van der Waals surface area contributed by atoms with Gasteiger partial charge >= 0.3 is 0 Å². The van der Waals surface area contributed by atoms with E-state index < -0.39 is 26.1 Å². The highest BCUT2D eigenvalue weighted by Gasteiger charge is 2.51. The molecule has 1 amide bonds. The van der Waals surface area contributed by atoms with E-state index in [1.807, 2.05) is 0 Å². The SMILES string of the molecule is CCCCC1CCCC(C(=O)NO)(S(=O)(=O)C2=CC=CC(C)(O)C=C2)CCCC1CCC. The van der Waals surface area contributed by atoms with Gasteiger partial charge in [0.15, 0.2) is 14.6 Å². The Morgan fingerprint density at radius 2 is 1.72 bits per heavy atom. The number of carbonyl (C=O) groups excluding carboxylic acids is 1. The van der Waals surface area contributed by atoms with Crippen LogP contribution in [-0.2, 0) is 14.6 Å². The summed E-state index contributed by atoms with van der Waals surface area (Å²) in [7, 11) is -4.11. The lowest BCUT2D eigenvalue weighted by atomic mass is 9.79. The lowest BCUT2D eigenvalue weighted by Gasteiger charge is -2.31. The lowest BCUT2D eigenvalue weighted by molar-refractivity contribution is -0.132. The van der Waals surface area contributed by atoms with Crippen molar-refractivity contribution in [2.24, 2.45) is 11.8 Å². The van der Waals surface area contributed by atoms with Crippen LogP contribution in [0.2, 0.25) is 0 Å². The highest BCUT2D eigenvalue weighted by molar-refractivity contribution is 7.97. The fraction of sp³-hybridized carbons (Fsp3) is 0.720. The van der Waals surface area contributed by atoms with Gasteiger partial charge in [-0.25, -0.2) is 13.9 Å². The molecule has 182 valence electrons. The van der Waals surface area contributed by atoms with Crippen molar-refractivity contribution in [3.05, 3.63) is 35.3 Å². The van der Waals surface area contributed by atoms with Crippen LogP contribution < -0.4 is 5.48 Å². The molecule has 0 saturated heterocycles. The molecule has 1 fully saturated rings. The van der Waals surface area contributed by atoms with E-state index in [0.29, 0.717) is 24.7 Å². The molecular weight excluding hydrogens is 426 g/mol. The van der Waals surface area contributed by atoms with Crippen LogP contribution in [0.3, 0.4) is 0 Å². The van der Waals surface area contributed by atoms with Crippen LogP contribution in [-0.4, -0.2) is 35.0 Å². The van der Waals surface area contributed by atoms with Gasteiger partial charge in [0, 0.05) is 0 Å². The number of hydrogen-bond donors (Lipinski definition) is 3. The fourth-order valence-corrected chi connectivity index (χ4v) is 7.39. The van der Waals surface area contributed by atoms with Crippen LogP contribution in [0.1, 0.15) is 91.4 Å². The van der Waals surface area contributed by atoms with Crippen molar-refractivity contribution in [3.8, 4) is 0 Å². The number of rotatable bonds is 8. The summed E-state index contributed by atoms with van der Waals surface area (Å²) in [5.74, 6) is 0.226. The molecule has 4 unspecified atom stereocenters. The fourth-order valence-electron chi connectivity index (χ4n) is 5.32. The van der Waals surface area contributed by atoms with E-state index in [9.17, 15) is 23.5 Å². The molecule has 0 aliphatic heterocycles. The summed E-state index contributed by atoms with van der Waals surface area (Å²) >= 11 is 0. The Labute approximate surface area is 193 Å². The molecule has 4 atom stereocenters. The van der Waals surface area contributed by atoms with Gasteiger partial charge in [-0.15, -0.1) is 0 Å². The molecular formula is C25H41NO5S. The molecule has 1 saturated carbocycles. The summed E-state index contributed by atoms with van der Waals surface area (Å²) in [5.41, 5.74) is 0.401. The van der Waals surface area contributed by atoms with Gasteiger partial charge < -0.3 is 5.11 Å². The average Bonchev–Trinajstić information content (AvgIpc) is 2.87. The Hall–Kier alpha value is -1.44. The number of unbranched alkanes of at least 4 members (excludes halogenated alkanes) is 1. The zero-order chi connectivity index (χ0) is 23.8. The summed E-state index contributed by atoms with van der Waals surface area (Å²) in [6, 6.07) is 0. The Balaban J connectivity index is 2.42. The summed E-state index contributed by atoms with van der Waals surface area (Å²) in [5, 5.41) is 19.8. The first-order chi connectivity index (χ1) is 15.1. The predicted octanol–water partition coefficient (Wildman–Crippen LogP) is 4.98. The molecule has 0 aromatic heterocycles. The zero-order valence-corrected chi connectivity index (χ0v) is 20.7. The first-order valence-electron chi connectivity index (χ1n) is 12.1. The topological polar surface area (TPSA) is 104 Å². The summed E-state index contributed by atoms with van der Waals surface area (Å²) in [4.78, 5) is 13.0. The largest absolute Gasteiger partial charge is 0.382 e. The maximum Gasteiger partial charge on any atom is 0.265 e. The van der Waals surface area contributed by atoms with Crippen LogP contribution in [0, 0.1) is 11.8 Å². The number of sulfone groups is 1. The minimum Gasteiger partial charge on any atom is -0.382 e. The van der Waals surface area contributed by atoms with Gasteiger partial charge in [-0.2, -0.15) is 0 Å². The van der Waals surface area contributed by atoms with E-state index >= 15 is 0 Å². The van der Waals surface area contributed by atoms with Gasteiger partial charge in [-0.3, -0.25) is 10.0 Å². The van der Waals surface area contributed by atoms with Crippen LogP contribution in [0.5, 0.6) is 0 Å². The third kappa shape index (κ3) is 6.12. The average molecular weight is 468 g/mol. The second-order valence-electron chi connectivity index (χ2n) is 9.66. The molecule has 0 spiro atoms.